The van der Waals surface area contributed by atoms with E-state index in [0.29, 0.717) is 0 Å². The molecule has 0 aliphatic carbocycles. The highest BCUT2D eigenvalue weighted by molar-refractivity contribution is 5.85. The third-order valence-corrected chi connectivity index (χ3v) is 3.91. The molecule has 0 nitrogen and oxygen atoms in total. The minimum Gasteiger partial charge on any atom is -0.0614 e. The molecule has 0 saturated carbocycles. The summed E-state index contributed by atoms with van der Waals surface area (Å²) in [4.78, 5) is 0. The zero-order valence-electron chi connectivity index (χ0n) is 12.9. The quantitative estimate of drug-likeness (QED) is 0.541. The van der Waals surface area contributed by atoms with Crippen LogP contribution in [0.2, 0.25) is 0 Å². The van der Waals surface area contributed by atoms with Crippen molar-refractivity contribution >= 4 is 0 Å². The number of hydrogen-bond donors (Lipinski definition) is 0. The summed E-state index contributed by atoms with van der Waals surface area (Å²) in [6.45, 7) is 6.48. The molecule has 0 N–H and O–H groups in total. The molecular formula is C21H20. The van der Waals surface area contributed by atoms with Crippen molar-refractivity contribution in [2.75, 3.05) is 0 Å². The lowest BCUT2D eigenvalue weighted by Gasteiger charge is -2.14. The summed E-state index contributed by atoms with van der Waals surface area (Å²) in [6, 6.07) is 24.0. The molecule has 0 heteroatoms. The van der Waals surface area contributed by atoms with Crippen LogP contribution in [0, 0.1) is 20.8 Å². The average Bonchev–Trinajstić information content (AvgIpc) is 2.47. The van der Waals surface area contributed by atoms with Gasteiger partial charge in [-0.2, -0.15) is 0 Å². The van der Waals surface area contributed by atoms with Crippen molar-refractivity contribution in [2.45, 2.75) is 20.8 Å². The number of rotatable bonds is 2. The summed E-state index contributed by atoms with van der Waals surface area (Å²) in [7, 11) is 0. The van der Waals surface area contributed by atoms with E-state index in [1.54, 1.807) is 0 Å². The Morgan fingerprint density at radius 3 is 1.81 bits per heavy atom. The van der Waals surface area contributed by atoms with Crippen LogP contribution < -0.4 is 0 Å². The van der Waals surface area contributed by atoms with E-state index in [-0.39, 0.29) is 0 Å². The van der Waals surface area contributed by atoms with Crippen LogP contribution >= 0.6 is 0 Å². The van der Waals surface area contributed by atoms with Crippen LogP contribution in [0.5, 0.6) is 0 Å². The van der Waals surface area contributed by atoms with Gasteiger partial charge in [-0.1, -0.05) is 77.9 Å². The van der Waals surface area contributed by atoms with Crippen molar-refractivity contribution in [3.05, 3.63) is 83.4 Å². The Morgan fingerprint density at radius 1 is 0.571 bits per heavy atom. The third-order valence-electron chi connectivity index (χ3n) is 3.91. The van der Waals surface area contributed by atoms with E-state index < -0.39 is 0 Å². The number of hydrogen-bond acceptors (Lipinski definition) is 0. The van der Waals surface area contributed by atoms with Crippen LogP contribution in [0.25, 0.3) is 22.3 Å². The van der Waals surface area contributed by atoms with Gasteiger partial charge >= 0.3 is 0 Å². The smallest absolute Gasteiger partial charge is 0.00760 e. The van der Waals surface area contributed by atoms with Crippen molar-refractivity contribution in [2.24, 2.45) is 0 Å². The molecule has 0 aliphatic rings. The Bertz CT molecular complexity index is 782. The van der Waals surface area contributed by atoms with E-state index in [0.717, 1.165) is 0 Å². The lowest BCUT2D eigenvalue weighted by molar-refractivity contribution is 1.41. The monoisotopic (exact) mass is 272 g/mol. The van der Waals surface area contributed by atoms with E-state index >= 15 is 0 Å². The molecule has 0 bridgehead atoms. The Kier molecular flexibility index (Phi) is 3.62. The van der Waals surface area contributed by atoms with Crippen LogP contribution in [-0.2, 0) is 0 Å². The molecule has 0 unspecified atom stereocenters. The highest BCUT2D eigenvalue weighted by atomic mass is 14.1. The Morgan fingerprint density at radius 2 is 1.14 bits per heavy atom. The fraction of sp³-hybridized carbons (Fsp3) is 0.143. The Balaban J connectivity index is 2.25. The molecule has 21 heavy (non-hydrogen) atoms. The zero-order valence-corrected chi connectivity index (χ0v) is 12.9. The van der Waals surface area contributed by atoms with Gasteiger partial charge in [0.05, 0.1) is 0 Å². The summed E-state index contributed by atoms with van der Waals surface area (Å²) >= 11 is 0. The molecule has 3 aromatic carbocycles. The lowest BCUT2D eigenvalue weighted by Crippen LogP contribution is -1.90. The van der Waals surface area contributed by atoms with Crippen LogP contribution in [-0.4, -0.2) is 0 Å². The first kappa shape index (κ1) is 13.6. The zero-order chi connectivity index (χ0) is 14.8. The second kappa shape index (κ2) is 5.57. The fourth-order valence-electron chi connectivity index (χ4n) is 2.90. The predicted molar refractivity (Wildman–Crippen MR) is 91.5 cm³/mol. The van der Waals surface area contributed by atoms with E-state index in [1.807, 2.05) is 0 Å². The van der Waals surface area contributed by atoms with Crippen molar-refractivity contribution in [3.63, 3.8) is 0 Å². The highest BCUT2D eigenvalue weighted by Gasteiger charge is 2.10. The first-order valence-electron chi connectivity index (χ1n) is 7.39. The largest absolute Gasteiger partial charge is 0.0614 e. The third kappa shape index (κ3) is 2.75. The van der Waals surface area contributed by atoms with Gasteiger partial charge in [-0.3, -0.25) is 0 Å². The van der Waals surface area contributed by atoms with Gasteiger partial charge in [0.2, 0.25) is 0 Å². The van der Waals surface area contributed by atoms with Crippen molar-refractivity contribution in [3.8, 4) is 22.3 Å². The van der Waals surface area contributed by atoms with Gasteiger partial charge in [0.1, 0.15) is 0 Å². The first-order chi connectivity index (χ1) is 10.1. The van der Waals surface area contributed by atoms with E-state index in [9.17, 15) is 0 Å². The first-order valence-corrected chi connectivity index (χ1v) is 7.39. The lowest BCUT2D eigenvalue weighted by atomic mass is 9.90. The molecular weight excluding hydrogens is 252 g/mol. The number of aryl methyl sites for hydroxylation is 3. The fourth-order valence-corrected chi connectivity index (χ4v) is 2.90. The van der Waals surface area contributed by atoms with E-state index in [2.05, 4.69) is 87.5 Å². The van der Waals surface area contributed by atoms with Gasteiger partial charge in [0.15, 0.2) is 0 Å². The Labute approximate surface area is 127 Å². The SMILES string of the molecule is Cc1cccc(-c2cccc(C)c2-c2cccc(C)c2)c1. The molecule has 104 valence electrons. The molecule has 0 fully saturated rings. The van der Waals surface area contributed by atoms with Gasteiger partial charge in [-0.25, -0.2) is 0 Å². The van der Waals surface area contributed by atoms with Crippen LogP contribution in [0.3, 0.4) is 0 Å². The second-order valence-corrected chi connectivity index (χ2v) is 5.74. The van der Waals surface area contributed by atoms with Gasteiger partial charge in [0.25, 0.3) is 0 Å². The molecule has 0 amide bonds. The minimum absolute atomic E-state index is 1.29. The topological polar surface area (TPSA) is 0 Å². The summed E-state index contributed by atoms with van der Waals surface area (Å²) < 4.78 is 0. The summed E-state index contributed by atoms with van der Waals surface area (Å²) in [5.74, 6) is 0. The maximum absolute atomic E-state index is 2.27. The maximum atomic E-state index is 2.27. The van der Waals surface area contributed by atoms with Crippen molar-refractivity contribution in [1.29, 1.82) is 0 Å². The minimum atomic E-state index is 1.29. The van der Waals surface area contributed by atoms with Gasteiger partial charge < -0.3 is 0 Å². The number of benzene rings is 3. The van der Waals surface area contributed by atoms with Crippen LogP contribution in [0.1, 0.15) is 16.7 Å². The van der Waals surface area contributed by atoms with Crippen molar-refractivity contribution < 1.29 is 0 Å². The second-order valence-electron chi connectivity index (χ2n) is 5.74. The van der Waals surface area contributed by atoms with Gasteiger partial charge in [0, 0.05) is 0 Å². The normalized spacial score (nSPS) is 10.6. The molecule has 0 aromatic heterocycles. The highest BCUT2D eigenvalue weighted by Crippen LogP contribution is 2.35. The standard InChI is InChI=1S/C21H20/c1-15-7-4-10-18(13-15)20-12-6-9-17(3)21(20)19-11-5-8-16(2)14-19/h4-14H,1-3H3. The summed E-state index contributed by atoms with van der Waals surface area (Å²) in [6.07, 6.45) is 0. The van der Waals surface area contributed by atoms with Gasteiger partial charge in [-0.15, -0.1) is 0 Å². The predicted octanol–water partition coefficient (Wildman–Crippen LogP) is 5.95. The molecule has 0 aliphatic heterocycles. The van der Waals surface area contributed by atoms with Gasteiger partial charge in [-0.05, 0) is 48.6 Å². The summed E-state index contributed by atoms with van der Waals surface area (Å²) in [5, 5.41) is 0. The van der Waals surface area contributed by atoms with E-state index in [1.165, 1.54) is 38.9 Å². The molecule has 3 rings (SSSR count). The Hall–Kier alpha value is -2.34. The van der Waals surface area contributed by atoms with Crippen molar-refractivity contribution in [1.82, 2.24) is 0 Å². The van der Waals surface area contributed by atoms with E-state index in [4.69, 9.17) is 0 Å². The molecule has 0 atom stereocenters. The molecule has 0 saturated heterocycles. The summed E-state index contributed by atoms with van der Waals surface area (Å²) in [5.41, 5.74) is 9.14. The van der Waals surface area contributed by atoms with Crippen LogP contribution in [0.15, 0.2) is 66.7 Å². The average molecular weight is 272 g/mol. The molecule has 3 aromatic rings. The molecule has 0 spiro atoms. The molecule has 0 radical (unpaired) electrons. The molecule has 0 heterocycles. The van der Waals surface area contributed by atoms with Crippen LogP contribution in [0.4, 0.5) is 0 Å². The maximum Gasteiger partial charge on any atom is -0.00760 e.